The smallest absolute Gasteiger partial charge is 0.255 e. The van der Waals surface area contributed by atoms with Gasteiger partial charge in [0.2, 0.25) is 5.91 Å². The van der Waals surface area contributed by atoms with E-state index >= 15 is 0 Å². The number of aryl methyl sites for hydroxylation is 1. The van der Waals surface area contributed by atoms with Gasteiger partial charge < -0.3 is 20.1 Å². The van der Waals surface area contributed by atoms with Crippen molar-refractivity contribution in [3.05, 3.63) is 83.4 Å². The van der Waals surface area contributed by atoms with Crippen molar-refractivity contribution in [2.75, 3.05) is 38.4 Å². The number of benzene rings is 3. The molecular weight excluding hydrogens is 442 g/mol. The number of nitrogens with zero attached hydrogens (tertiary/aromatic N) is 1. The second-order valence-corrected chi connectivity index (χ2v) is 8.64. The zero-order valence-electron chi connectivity index (χ0n) is 20.3. The number of carbonyl (C=O) groups excluding carboxylic acids is 2. The first-order valence-corrected chi connectivity index (χ1v) is 11.7. The fourth-order valence-electron chi connectivity index (χ4n) is 4.59. The first kappa shape index (κ1) is 24.3. The van der Waals surface area contributed by atoms with Crippen LogP contribution >= 0.6 is 0 Å². The second kappa shape index (κ2) is 11.1. The third kappa shape index (κ3) is 5.63. The van der Waals surface area contributed by atoms with Crippen LogP contribution < -0.4 is 20.1 Å². The lowest BCUT2D eigenvalue weighted by Crippen LogP contribution is -2.35. The van der Waals surface area contributed by atoms with Gasteiger partial charge >= 0.3 is 0 Å². The van der Waals surface area contributed by atoms with Crippen LogP contribution in [0.1, 0.15) is 40.4 Å². The molecule has 1 atom stereocenters. The van der Waals surface area contributed by atoms with Crippen molar-refractivity contribution in [3.63, 3.8) is 0 Å². The summed E-state index contributed by atoms with van der Waals surface area (Å²) in [7, 11) is 5.01. The standard InChI is InChI=1S/C28H31N3O4/c1-31(24-15-9-13-19-10-7-8-14-21(19)24)18-27(32)29-22-16-26(35-3)23(17-25(22)34-2)30-28(33)20-11-5-4-6-12-20/h4-8,10-12,14,16-17,24H,9,13,15,18H2,1-3H3,(H,29,32)(H,30,33). The SMILES string of the molecule is COc1cc(NC(=O)c2ccccc2)c(OC)cc1NC(=O)CN(C)C1CCCc2ccccc21. The molecule has 1 aliphatic rings. The molecule has 4 rings (SSSR count). The van der Waals surface area contributed by atoms with Gasteiger partial charge in [-0.15, -0.1) is 0 Å². The van der Waals surface area contributed by atoms with E-state index in [-0.39, 0.29) is 24.4 Å². The molecule has 0 saturated heterocycles. The third-order valence-corrected chi connectivity index (χ3v) is 6.34. The molecule has 3 aromatic carbocycles. The highest BCUT2D eigenvalue weighted by Crippen LogP contribution is 2.37. The molecule has 0 aliphatic heterocycles. The highest BCUT2D eigenvalue weighted by Gasteiger charge is 2.25. The monoisotopic (exact) mass is 473 g/mol. The largest absolute Gasteiger partial charge is 0.494 e. The highest BCUT2D eigenvalue weighted by atomic mass is 16.5. The predicted octanol–water partition coefficient (Wildman–Crippen LogP) is 4.90. The maximum Gasteiger partial charge on any atom is 0.255 e. The first-order valence-electron chi connectivity index (χ1n) is 11.7. The summed E-state index contributed by atoms with van der Waals surface area (Å²) in [4.78, 5) is 27.7. The van der Waals surface area contributed by atoms with E-state index in [2.05, 4.69) is 39.8 Å². The van der Waals surface area contributed by atoms with Crippen LogP contribution in [0.2, 0.25) is 0 Å². The summed E-state index contributed by atoms with van der Waals surface area (Å²) >= 11 is 0. The van der Waals surface area contributed by atoms with E-state index in [1.807, 2.05) is 13.1 Å². The minimum Gasteiger partial charge on any atom is -0.494 e. The van der Waals surface area contributed by atoms with Crippen molar-refractivity contribution >= 4 is 23.2 Å². The molecule has 0 heterocycles. The number of rotatable bonds is 8. The number of nitrogens with one attached hydrogen (secondary N) is 2. The van der Waals surface area contributed by atoms with Crippen molar-refractivity contribution in [1.82, 2.24) is 4.90 Å². The number of methoxy groups -OCH3 is 2. The summed E-state index contributed by atoms with van der Waals surface area (Å²) in [5, 5.41) is 5.80. The van der Waals surface area contributed by atoms with Crippen LogP contribution in [-0.2, 0) is 11.2 Å². The number of ether oxygens (including phenoxy) is 2. The second-order valence-electron chi connectivity index (χ2n) is 8.64. The van der Waals surface area contributed by atoms with Crippen LogP contribution in [-0.4, -0.2) is 44.5 Å². The van der Waals surface area contributed by atoms with Gasteiger partial charge in [0.1, 0.15) is 11.5 Å². The van der Waals surface area contributed by atoms with Gasteiger partial charge in [-0.3, -0.25) is 14.5 Å². The Kier molecular flexibility index (Phi) is 7.67. The van der Waals surface area contributed by atoms with Gasteiger partial charge in [-0.1, -0.05) is 42.5 Å². The maximum atomic E-state index is 13.0. The molecule has 0 saturated carbocycles. The number of hydrogen-bond donors (Lipinski definition) is 2. The normalized spacial score (nSPS) is 14.7. The minimum absolute atomic E-state index is 0.156. The summed E-state index contributed by atoms with van der Waals surface area (Å²) in [6.07, 6.45) is 3.21. The molecule has 35 heavy (non-hydrogen) atoms. The maximum absolute atomic E-state index is 13.0. The molecule has 1 unspecified atom stereocenters. The number of amides is 2. The molecular formula is C28H31N3O4. The van der Waals surface area contributed by atoms with Crippen LogP contribution in [0.25, 0.3) is 0 Å². The Morgan fingerprint density at radius 2 is 1.54 bits per heavy atom. The molecule has 0 spiro atoms. The summed E-state index contributed by atoms with van der Waals surface area (Å²) in [6, 6.07) is 20.9. The van der Waals surface area contributed by atoms with Crippen LogP contribution in [0.3, 0.4) is 0 Å². The number of fused-ring (bicyclic) bond motifs is 1. The topological polar surface area (TPSA) is 79.9 Å². The molecule has 7 nitrogen and oxygen atoms in total. The van der Waals surface area contributed by atoms with Crippen molar-refractivity contribution in [1.29, 1.82) is 0 Å². The Balaban J connectivity index is 1.48. The van der Waals surface area contributed by atoms with Crippen molar-refractivity contribution in [3.8, 4) is 11.5 Å². The van der Waals surface area contributed by atoms with E-state index < -0.39 is 0 Å². The van der Waals surface area contributed by atoms with E-state index in [1.165, 1.54) is 25.3 Å². The molecule has 0 fully saturated rings. The molecule has 0 aromatic heterocycles. The van der Waals surface area contributed by atoms with Crippen LogP contribution in [0.4, 0.5) is 11.4 Å². The molecule has 7 heteroatoms. The van der Waals surface area contributed by atoms with E-state index in [9.17, 15) is 9.59 Å². The predicted molar refractivity (Wildman–Crippen MR) is 137 cm³/mol. The lowest BCUT2D eigenvalue weighted by molar-refractivity contribution is -0.117. The van der Waals surface area contributed by atoms with E-state index in [0.717, 1.165) is 19.3 Å². The Hall–Kier alpha value is -3.84. The Morgan fingerprint density at radius 3 is 2.23 bits per heavy atom. The lowest BCUT2D eigenvalue weighted by Gasteiger charge is -2.33. The minimum atomic E-state index is -0.267. The van der Waals surface area contributed by atoms with E-state index in [0.29, 0.717) is 28.4 Å². The molecule has 2 amide bonds. The van der Waals surface area contributed by atoms with E-state index in [4.69, 9.17) is 9.47 Å². The zero-order chi connectivity index (χ0) is 24.8. The third-order valence-electron chi connectivity index (χ3n) is 6.34. The van der Waals surface area contributed by atoms with Crippen LogP contribution in [0, 0.1) is 0 Å². The summed E-state index contributed by atoms with van der Waals surface area (Å²) in [6.45, 7) is 0.233. The summed E-state index contributed by atoms with van der Waals surface area (Å²) < 4.78 is 11.0. The average molecular weight is 474 g/mol. The zero-order valence-corrected chi connectivity index (χ0v) is 20.3. The quantitative estimate of drug-likeness (QED) is 0.486. The summed E-state index contributed by atoms with van der Waals surface area (Å²) in [5.74, 6) is 0.419. The first-order chi connectivity index (χ1) is 17.0. The lowest BCUT2D eigenvalue weighted by atomic mass is 9.87. The van der Waals surface area contributed by atoms with E-state index in [1.54, 1.807) is 36.4 Å². The molecule has 2 N–H and O–H groups in total. The Labute approximate surface area is 206 Å². The van der Waals surface area contributed by atoms with Gasteiger partial charge in [-0.25, -0.2) is 0 Å². The van der Waals surface area contributed by atoms with Gasteiger partial charge in [-0.2, -0.15) is 0 Å². The van der Waals surface area contributed by atoms with Gasteiger partial charge in [0, 0.05) is 23.7 Å². The van der Waals surface area contributed by atoms with Crippen LogP contribution in [0.5, 0.6) is 11.5 Å². The Morgan fingerprint density at radius 1 is 0.914 bits per heavy atom. The fourth-order valence-corrected chi connectivity index (χ4v) is 4.59. The number of anilines is 2. The highest BCUT2D eigenvalue weighted by molar-refractivity contribution is 6.05. The number of carbonyl (C=O) groups is 2. The average Bonchev–Trinajstić information content (AvgIpc) is 2.89. The van der Waals surface area contributed by atoms with Crippen molar-refractivity contribution < 1.29 is 19.1 Å². The molecule has 182 valence electrons. The Bertz CT molecular complexity index is 1200. The number of likely N-dealkylation sites (N-methyl/N-ethyl adjacent to an activating group) is 1. The van der Waals surface area contributed by atoms with Crippen molar-refractivity contribution in [2.45, 2.75) is 25.3 Å². The summed E-state index contributed by atoms with van der Waals surface area (Å²) in [5.41, 5.74) is 4.11. The van der Waals surface area contributed by atoms with Crippen LogP contribution in [0.15, 0.2) is 66.7 Å². The molecule has 3 aromatic rings. The fraction of sp³-hybridized carbons (Fsp3) is 0.286. The van der Waals surface area contributed by atoms with Crippen molar-refractivity contribution in [2.24, 2.45) is 0 Å². The van der Waals surface area contributed by atoms with Gasteiger partial charge in [0.15, 0.2) is 0 Å². The van der Waals surface area contributed by atoms with Gasteiger partial charge in [0.25, 0.3) is 5.91 Å². The molecule has 1 aliphatic carbocycles. The van der Waals surface area contributed by atoms with Gasteiger partial charge in [-0.05, 0) is 49.6 Å². The van der Waals surface area contributed by atoms with Gasteiger partial charge in [0.05, 0.1) is 32.1 Å². The number of hydrogen-bond acceptors (Lipinski definition) is 5. The molecule has 0 bridgehead atoms. The molecule has 0 radical (unpaired) electrons.